The average Bonchev–Trinajstić information content (AvgIpc) is 3.28. The van der Waals surface area contributed by atoms with E-state index in [1.807, 2.05) is 35.2 Å². The standard InChI is InChI=1S/C23H21N5O4S/c29-28(30)19-8-6-18(7-9-19)26-12-14-27(15-13-26)33(31,32)20-10-11-21-22(16-20)25-23(24-21)17-4-2-1-3-5-17/h1-11,16H,12-15H2,(H,24,25). The highest BCUT2D eigenvalue weighted by Gasteiger charge is 2.29. The monoisotopic (exact) mass is 463 g/mol. The van der Waals surface area contributed by atoms with Crippen molar-refractivity contribution in [2.75, 3.05) is 31.1 Å². The zero-order valence-corrected chi connectivity index (χ0v) is 18.4. The molecule has 1 aliphatic heterocycles. The van der Waals surface area contributed by atoms with E-state index in [4.69, 9.17) is 0 Å². The van der Waals surface area contributed by atoms with Gasteiger partial charge in [-0.2, -0.15) is 4.31 Å². The third-order valence-electron chi connectivity index (χ3n) is 5.80. The first kappa shape index (κ1) is 21.1. The van der Waals surface area contributed by atoms with Crippen LogP contribution in [-0.4, -0.2) is 53.8 Å². The summed E-state index contributed by atoms with van der Waals surface area (Å²) in [6, 6.07) is 20.9. The molecule has 1 aromatic heterocycles. The van der Waals surface area contributed by atoms with E-state index >= 15 is 0 Å². The maximum absolute atomic E-state index is 13.3. The van der Waals surface area contributed by atoms with Crippen LogP contribution in [0.15, 0.2) is 77.7 Å². The molecule has 10 heteroatoms. The number of non-ortho nitro benzene ring substituents is 1. The summed E-state index contributed by atoms with van der Waals surface area (Å²) >= 11 is 0. The highest BCUT2D eigenvalue weighted by molar-refractivity contribution is 7.89. The minimum atomic E-state index is -3.66. The number of hydrogen-bond donors (Lipinski definition) is 1. The van der Waals surface area contributed by atoms with Gasteiger partial charge in [0, 0.05) is 49.6 Å². The Balaban J connectivity index is 1.33. The van der Waals surface area contributed by atoms with E-state index in [1.54, 1.807) is 30.3 Å². The Kier molecular flexibility index (Phi) is 5.31. The van der Waals surface area contributed by atoms with Gasteiger partial charge in [0.25, 0.3) is 5.69 Å². The number of fused-ring (bicyclic) bond motifs is 1. The molecule has 4 aromatic rings. The van der Waals surface area contributed by atoms with Crippen molar-refractivity contribution in [1.82, 2.24) is 14.3 Å². The molecule has 33 heavy (non-hydrogen) atoms. The number of nitro groups is 1. The number of anilines is 1. The largest absolute Gasteiger partial charge is 0.369 e. The predicted octanol–water partition coefficient (Wildman–Crippen LogP) is 3.65. The summed E-state index contributed by atoms with van der Waals surface area (Å²) in [6.07, 6.45) is 0. The molecule has 5 rings (SSSR count). The van der Waals surface area contributed by atoms with E-state index in [0.717, 1.165) is 11.3 Å². The molecular weight excluding hydrogens is 442 g/mol. The van der Waals surface area contributed by atoms with Gasteiger partial charge in [0.1, 0.15) is 5.82 Å². The van der Waals surface area contributed by atoms with Crippen LogP contribution in [0.25, 0.3) is 22.4 Å². The summed E-state index contributed by atoms with van der Waals surface area (Å²) in [5.74, 6) is 0.692. The number of benzene rings is 3. The molecule has 168 valence electrons. The van der Waals surface area contributed by atoms with Crippen molar-refractivity contribution in [3.8, 4) is 11.4 Å². The number of piperazine rings is 1. The molecule has 2 heterocycles. The van der Waals surface area contributed by atoms with E-state index < -0.39 is 14.9 Å². The third kappa shape index (κ3) is 4.06. The summed E-state index contributed by atoms with van der Waals surface area (Å²) in [7, 11) is -3.66. The van der Waals surface area contributed by atoms with Crippen LogP contribution in [0.2, 0.25) is 0 Å². The van der Waals surface area contributed by atoms with Gasteiger partial charge in [-0.1, -0.05) is 30.3 Å². The van der Waals surface area contributed by atoms with Crippen LogP contribution in [0.1, 0.15) is 0 Å². The van der Waals surface area contributed by atoms with Gasteiger partial charge in [0.15, 0.2) is 0 Å². The fourth-order valence-electron chi connectivity index (χ4n) is 4.00. The van der Waals surface area contributed by atoms with Crippen LogP contribution >= 0.6 is 0 Å². The van der Waals surface area contributed by atoms with E-state index in [1.165, 1.54) is 16.4 Å². The number of aromatic amines is 1. The van der Waals surface area contributed by atoms with Gasteiger partial charge in [-0.05, 0) is 30.3 Å². The molecule has 0 radical (unpaired) electrons. The second kappa shape index (κ2) is 8.30. The molecule has 1 fully saturated rings. The van der Waals surface area contributed by atoms with Crippen molar-refractivity contribution < 1.29 is 13.3 Å². The fourth-order valence-corrected chi connectivity index (χ4v) is 5.45. The Labute approximate surface area is 190 Å². The minimum absolute atomic E-state index is 0.0320. The number of nitrogens with one attached hydrogen (secondary N) is 1. The molecule has 1 N–H and O–H groups in total. The Morgan fingerprint density at radius 3 is 2.27 bits per heavy atom. The zero-order chi connectivity index (χ0) is 23.0. The normalized spacial score (nSPS) is 15.1. The van der Waals surface area contributed by atoms with Crippen molar-refractivity contribution in [3.05, 3.63) is 82.9 Å². The topological polar surface area (TPSA) is 112 Å². The lowest BCUT2D eigenvalue weighted by atomic mass is 10.2. The SMILES string of the molecule is O=[N+]([O-])c1ccc(N2CCN(S(=O)(=O)c3ccc4nc(-c5ccccc5)[nH]c4c3)CC2)cc1. The molecule has 0 atom stereocenters. The first-order valence-corrected chi connectivity index (χ1v) is 11.9. The number of nitro benzene ring substituents is 1. The van der Waals surface area contributed by atoms with Gasteiger partial charge >= 0.3 is 0 Å². The lowest BCUT2D eigenvalue weighted by Gasteiger charge is -2.35. The van der Waals surface area contributed by atoms with Crippen molar-refractivity contribution in [1.29, 1.82) is 0 Å². The molecule has 9 nitrogen and oxygen atoms in total. The number of nitrogens with zero attached hydrogens (tertiary/aromatic N) is 4. The van der Waals surface area contributed by atoms with E-state index in [-0.39, 0.29) is 10.6 Å². The Morgan fingerprint density at radius 1 is 0.909 bits per heavy atom. The van der Waals surface area contributed by atoms with Crippen LogP contribution in [0.4, 0.5) is 11.4 Å². The quantitative estimate of drug-likeness (QED) is 0.357. The summed E-state index contributed by atoms with van der Waals surface area (Å²) < 4.78 is 28.0. The maximum atomic E-state index is 13.3. The highest BCUT2D eigenvalue weighted by atomic mass is 32.2. The lowest BCUT2D eigenvalue weighted by molar-refractivity contribution is -0.384. The van der Waals surface area contributed by atoms with Gasteiger partial charge in [0.05, 0.1) is 20.9 Å². The van der Waals surface area contributed by atoms with Crippen LogP contribution in [0, 0.1) is 10.1 Å². The van der Waals surface area contributed by atoms with Crippen molar-refractivity contribution in [2.24, 2.45) is 0 Å². The lowest BCUT2D eigenvalue weighted by Crippen LogP contribution is -2.48. The minimum Gasteiger partial charge on any atom is -0.369 e. The van der Waals surface area contributed by atoms with Gasteiger partial charge in [-0.15, -0.1) is 0 Å². The molecular formula is C23H21N5O4S. The first-order chi connectivity index (χ1) is 15.9. The molecule has 0 bridgehead atoms. The number of hydrogen-bond acceptors (Lipinski definition) is 6. The number of rotatable bonds is 5. The molecule has 1 saturated heterocycles. The van der Waals surface area contributed by atoms with E-state index in [2.05, 4.69) is 9.97 Å². The van der Waals surface area contributed by atoms with Crippen LogP contribution < -0.4 is 4.90 Å². The Morgan fingerprint density at radius 2 is 1.61 bits per heavy atom. The summed E-state index contributed by atoms with van der Waals surface area (Å²) in [5.41, 5.74) is 3.17. The first-order valence-electron chi connectivity index (χ1n) is 10.5. The number of imidazole rings is 1. The molecule has 0 unspecified atom stereocenters. The maximum Gasteiger partial charge on any atom is 0.269 e. The van der Waals surface area contributed by atoms with Crippen LogP contribution in [0.5, 0.6) is 0 Å². The Bertz CT molecular complexity index is 1410. The van der Waals surface area contributed by atoms with Crippen molar-refractivity contribution in [3.63, 3.8) is 0 Å². The number of sulfonamides is 1. The summed E-state index contributed by atoms with van der Waals surface area (Å²) in [4.78, 5) is 20.4. The van der Waals surface area contributed by atoms with Gasteiger partial charge < -0.3 is 9.88 Å². The molecule has 0 saturated carbocycles. The fraction of sp³-hybridized carbons (Fsp3) is 0.174. The smallest absolute Gasteiger partial charge is 0.269 e. The summed E-state index contributed by atoms with van der Waals surface area (Å²) in [6.45, 7) is 1.66. The van der Waals surface area contributed by atoms with Gasteiger partial charge in [0.2, 0.25) is 10.0 Å². The number of H-pyrrole nitrogens is 1. The molecule has 1 aliphatic rings. The van der Waals surface area contributed by atoms with E-state index in [0.29, 0.717) is 43.0 Å². The highest BCUT2D eigenvalue weighted by Crippen LogP contribution is 2.26. The van der Waals surface area contributed by atoms with Crippen LogP contribution in [0.3, 0.4) is 0 Å². The molecule has 3 aromatic carbocycles. The third-order valence-corrected chi connectivity index (χ3v) is 7.70. The second-order valence-corrected chi connectivity index (χ2v) is 9.73. The van der Waals surface area contributed by atoms with E-state index in [9.17, 15) is 18.5 Å². The van der Waals surface area contributed by atoms with Crippen LogP contribution in [-0.2, 0) is 10.0 Å². The molecule has 0 aliphatic carbocycles. The van der Waals surface area contributed by atoms with Gasteiger partial charge in [-0.3, -0.25) is 10.1 Å². The summed E-state index contributed by atoms with van der Waals surface area (Å²) in [5, 5.41) is 10.8. The second-order valence-electron chi connectivity index (χ2n) is 7.80. The van der Waals surface area contributed by atoms with Crippen molar-refractivity contribution >= 4 is 32.4 Å². The molecule has 0 amide bonds. The predicted molar refractivity (Wildman–Crippen MR) is 126 cm³/mol. The zero-order valence-electron chi connectivity index (χ0n) is 17.6. The van der Waals surface area contributed by atoms with Crippen molar-refractivity contribution in [2.45, 2.75) is 4.90 Å². The number of aromatic nitrogens is 2. The molecule has 0 spiro atoms. The average molecular weight is 464 g/mol. The Hall–Kier alpha value is -3.76. The van der Waals surface area contributed by atoms with Gasteiger partial charge in [-0.25, -0.2) is 13.4 Å².